The molecule has 0 fully saturated rings. The van der Waals surface area contributed by atoms with Crippen molar-refractivity contribution in [2.24, 2.45) is 0 Å². The zero-order valence-corrected chi connectivity index (χ0v) is 13.0. The summed E-state index contributed by atoms with van der Waals surface area (Å²) in [5, 5.41) is 2.82. The van der Waals surface area contributed by atoms with Gasteiger partial charge in [0.05, 0.1) is 18.7 Å². The summed E-state index contributed by atoms with van der Waals surface area (Å²) in [4.78, 5) is 25.4. The van der Waals surface area contributed by atoms with Crippen LogP contribution in [0.2, 0.25) is 0 Å². The van der Waals surface area contributed by atoms with Gasteiger partial charge in [-0.15, -0.1) is 0 Å². The van der Waals surface area contributed by atoms with E-state index in [2.05, 4.69) is 21.2 Å². The molecule has 5 nitrogen and oxygen atoms in total. The molecule has 2 rings (SSSR count). The maximum atomic E-state index is 12.1. The molecule has 0 spiro atoms. The van der Waals surface area contributed by atoms with E-state index in [0.29, 0.717) is 11.3 Å². The van der Waals surface area contributed by atoms with Crippen LogP contribution in [0.25, 0.3) is 0 Å². The van der Waals surface area contributed by atoms with Gasteiger partial charge in [-0.2, -0.15) is 0 Å². The second-order valence-electron chi connectivity index (χ2n) is 4.45. The number of hydrogen-bond donors (Lipinski definition) is 1. The second-order valence-corrected chi connectivity index (χ2v) is 5.31. The van der Waals surface area contributed by atoms with Crippen LogP contribution in [0, 0.1) is 0 Å². The Kier molecular flexibility index (Phi) is 4.13. The summed E-state index contributed by atoms with van der Waals surface area (Å²) in [7, 11) is 2.94. The molecule has 0 bridgehead atoms. The molecule has 0 aromatic heterocycles. The Bertz CT molecular complexity index is 598. The summed E-state index contributed by atoms with van der Waals surface area (Å²) < 4.78 is 5.67. The topological polar surface area (TPSA) is 58.6 Å². The number of nitrogens with one attached hydrogen (secondary N) is 1. The van der Waals surface area contributed by atoms with E-state index >= 15 is 0 Å². The Hall–Kier alpha value is -1.82. The Morgan fingerprint density at radius 1 is 1.40 bits per heavy atom. The number of methoxy groups -OCH3 is 1. The van der Waals surface area contributed by atoms with E-state index in [0.717, 1.165) is 10.0 Å². The molecule has 0 unspecified atom stereocenters. The van der Waals surface area contributed by atoms with E-state index in [9.17, 15) is 9.59 Å². The summed E-state index contributed by atoms with van der Waals surface area (Å²) in [6.45, 7) is 1.73. The molecule has 0 radical (unpaired) electrons. The van der Waals surface area contributed by atoms with E-state index in [4.69, 9.17) is 4.74 Å². The lowest BCUT2D eigenvalue weighted by Crippen LogP contribution is -2.46. The normalized spacial score (nSPS) is 18.9. The first-order chi connectivity index (χ1) is 9.47. The van der Waals surface area contributed by atoms with Gasteiger partial charge in [0.2, 0.25) is 0 Å². The predicted molar refractivity (Wildman–Crippen MR) is 77.9 cm³/mol. The number of carbonyl (C=O) groups excluding carboxylic acids is 2. The van der Waals surface area contributed by atoms with Gasteiger partial charge in [0.25, 0.3) is 0 Å². The quantitative estimate of drug-likeness (QED) is 0.843. The minimum Gasteiger partial charge on any atom is -0.466 e. The molecular formula is C14H15BrN2O3. The molecule has 1 aromatic rings. The average Bonchev–Trinajstić information content (AvgIpc) is 2.44. The number of hydrogen-bond acceptors (Lipinski definition) is 3. The van der Waals surface area contributed by atoms with Crippen molar-refractivity contribution in [2.45, 2.75) is 13.0 Å². The van der Waals surface area contributed by atoms with Crippen LogP contribution in [0.4, 0.5) is 4.79 Å². The maximum Gasteiger partial charge on any atom is 0.337 e. The van der Waals surface area contributed by atoms with Crippen LogP contribution in [0.1, 0.15) is 18.5 Å². The molecule has 20 heavy (non-hydrogen) atoms. The Balaban J connectivity index is 2.58. The molecule has 1 aliphatic heterocycles. The number of amides is 2. The lowest BCUT2D eigenvalue weighted by molar-refractivity contribution is -0.136. The van der Waals surface area contributed by atoms with E-state index in [1.54, 1.807) is 14.0 Å². The predicted octanol–water partition coefficient (Wildman–Crippen LogP) is 2.59. The van der Waals surface area contributed by atoms with Gasteiger partial charge < -0.3 is 15.0 Å². The Labute approximate surface area is 125 Å². The standard InChI is InChI=1S/C14H15BrN2O3/c1-8-11(13(18)20-3)12(16-14(19)17(8)2)9-6-4-5-7-10(9)15/h4-7,12H,1-3H3,(H,16,19)/t12-/m0/s1. The molecule has 1 atom stereocenters. The molecule has 1 aromatic carbocycles. The van der Waals surface area contributed by atoms with Gasteiger partial charge in [0.1, 0.15) is 0 Å². The zero-order chi connectivity index (χ0) is 14.9. The van der Waals surface area contributed by atoms with Crippen LogP contribution in [0.3, 0.4) is 0 Å². The highest BCUT2D eigenvalue weighted by molar-refractivity contribution is 9.10. The van der Waals surface area contributed by atoms with E-state index in [-0.39, 0.29) is 6.03 Å². The number of rotatable bonds is 2. The second kappa shape index (κ2) is 5.66. The molecule has 2 amide bonds. The van der Waals surface area contributed by atoms with Crippen LogP contribution >= 0.6 is 15.9 Å². The Morgan fingerprint density at radius 2 is 2.05 bits per heavy atom. The third-order valence-electron chi connectivity index (χ3n) is 3.38. The lowest BCUT2D eigenvalue weighted by atomic mass is 9.95. The van der Waals surface area contributed by atoms with Crippen molar-refractivity contribution in [2.75, 3.05) is 14.2 Å². The van der Waals surface area contributed by atoms with Gasteiger partial charge in [-0.25, -0.2) is 9.59 Å². The minimum atomic E-state index is -0.526. The highest BCUT2D eigenvalue weighted by atomic mass is 79.9. The number of esters is 1. The molecule has 0 aliphatic carbocycles. The largest absolute Gasteiger partial charge is 0.466 e. The molecular weight excluding hydrogens is 324 g/mol. The molecule has 106 valence electrons. The van der Waals surface area contributed by atoms with Crippen molar-refractivity contribution in [3.05, 3.63) is 45.6 Å². The van der Waals surface area contributed by atoms with Crippen molar-refractivity contribution in [3.63, 3.8) is 0 Å². The summed E-state index contributed by atoms with van der Waals surface area (Å²) in [6.07, 6.45) is 0. The number of nitrogens with zero attached hydrogens (tertiary/aromatic N) is 1. The van der Waals surface area contributed by atoms with Gasteiger partial charge >= 0.3 is 12.0 Å². The van der Waals surface area contributed by atoms with Crippen molar-refractivity contribution in [1.29, 1.82) is 0 Å². The van der Waals surface area contributed by atoms with Gasteiger partial charge in [0.15, 0.2) is 0 Å². The zero-order valence-electron chi connectivity index (χ0n) is 11.4. The first-order valence-corrected chi connectivity index (χ1v) is 6.84. The summed E-state index contributed by atoms with van der Waals surface area (Å²) in [5.74, 6) is -0.449. The number of allylic oxidation sites excluding steroid dienone is 1. The molecule has 1 aliphatic rings. The Morgan fingerprint density at radius 3 is 2.65 bits per heavy atom. The van der Waals surface area contributed by atoms with Crippen molar-refractivity contribution in [1.82, 2.24) is 10.2 Å². The summed E-state index contributed by atoms with van der Waals surface area (Å²) in [5.41, 5.74) is 1.83. The van der Waals surface area contributed by atoms with E-state index in [1.165, 1.54) is 12.0 Å². The molecule has 6 heteroatoms. The first kappa shape index (κ1) is 14.6. The number of halogens is 1. The summed E-state index contributed by atoms with van der Waals surface area (Å²) in [6, 6.07) is 6.67. The van der Waals surface area contributed by atoms with Crippen molar-refractivity contribution < 1.29 is 14.3 Å². The number of urea groups is 1. The first-order valence-electron chi connectivity index (χ1n) is 6.05. The third-order valence-corrected chi connectivity index (χ3v) is 4.10. The van der Waals surface area contributed by atoms with Crippen molar-refractivity contribution >= 4 is 27.9 Å². The molecule has 1 N–H and O–H groups in total. The highest BCUT2D eigenvalue weighted by Gasteiger charge is 2.35. The summed E-state index contributed by atoms with van der Waals surface area (Å²) >= 11 is 3.45. The van der Waals surface area contributed by atoms with E-state index < -0.39 is 12.0 Å². The van der Waals surface area contributed by atoms with Gasteiger partial charge in [-0.05, 0) is 18.6 Å². The van der Waals surface area contributed by atoms with Crippen LogP contribution in [0.5, 0.6) is 0 Å². The fourth-order valence-electron chi connectivity index (χ4n) is 2.15. The van der Waals surface area contributed by atoms with E-state index in [1.807, 2.05) is 24.3 Å². The fourth-order valence-corrected chi connectivity index (χ4v) is 2.67. The SMILES string of the molecule is COC(=O)C1=C(C)N(C)C(=O)N[C@H]1c1ccccc1Br. The molecule has 0 saturated heterocycles. The third kappa shape index (κ3) is 2.43. The maximum absolute atomic E-state index is 12.1. The van der Waals surface area contributed by atoms with Crippen LogP contribution in [-0.4, -0.2) is 31.1 Å². The number of benzene rings is 1. The van der Waals surface area contributed by atoms with Gasteiger partial charge in [-0.3, -0.25) is 0 Å². The van der Waals surface area contributed by atoms with Gasteiger partial charge in [0, 0.05) is 17.2 Å². The number of carbonyl (C=O) groups is 2. The highest BCUT2D eigenvalue weighted by Crippen LogP contribution is 2.34. The van der Waals surface area contributed by atoms with Crippen LogP contribution in [-0.2, 0) is 9.53 Å². The van der Waals surface area contributed by atoms with Crippen LogP contribution in [0.15, 0.2) is 40.0 Å². The monoisotopic (exact) mass is 338 g/mol. The minimum absolute atomic E-state index is 0.254. The molecule has 1 heterocycles. The number of ether oxygens (including phenoxy) is 1. The lowest BCUT2D eigenvalue weighted by Gasteiger charge is -2.33. The van der Waals surface area contributed by atoms with Crippen LogP contribution < -0.4 is 5.32 Å². The fraction of sp³-hybridized carbons (Fsp3) is 0.286. The molecule has 0 saturated carbocycles. The smallest absolute Gasteiger partial charge is 0.337 e. The van der Waals surface area contributed by atoms with Gasteiger partial charge in [-0.1, -0.05) is 34.1 Å². The van der Waals surface area contributed by atoms with Crippen molar-refractivity contribution in [3.8, 4) is 0 Å². The average molecular weight is 339 g/mol.